The van der Waals surface area contributed by atoms with Gasteiger partial charge in [0.05, 0.1) is 11.1 Å². The lowest BCUT2D eigenvalue weighted by atomic mass is 9.61. The molecule has 1 aromatic rings. The fourth-order valence-electron chi connectivity index (χ4n) is 5.74. The van der Waals surface area contributed by atoms with Crippen LogP contribution >= 0.6 is 0 Å². The first-order chi connectivity index (χ1) is 14.4. The van der Waals surface area contributed by atoms with Gasteiger partial charge in [0.15, 0.2) is 0 Å². The van der Waals surface area contributed by atoms with Gasteiger partial charge in [-0.2, -0.15) is 0 Å². The SMILES string of the molecule is CCC12CNC(CNCc3cccc4c3C(=O)N(C3CCC(=O)NC3=O)C4=O)(C1)C2. The number of amides is 4. The van der Waals surface area contributed by atoms with Gasteiger partial charge in [-0.25, -0.2) is 0 Å². The van der Waals surface area contributed by atoms with Crippen LogP contribution in [0, 0.1) is 5.41 Å². The van der Waals surface area contributed by atoms with Crippen LogP contribution in [0.2, 0.25) is 0 Å². The number of hydrogen-bond donors (Lipinski definition) is 3. The van der Waals surface area contributed by atoms with Crippen molar-refractivity contribution in [1.82, 2.24) is 20.9 Å². The molecule has 6 rings (SSSR count). The van der Waals surface area contributed by atoms with E-state index in [1.54, 1.807) is 12.1 Å². The highest BCUT2D eigenvalue weighted by atomic mass is 16.2. The predicted molar refractivity (Wildman–Crippen MR) is 108 cm³/mol. The largest absolute Gasteiger partial charge is 0.311 e. The third-order valence-electron chi connectivity index (χ3n) is 7.35. The Morgan fingerprint density at radius 2 is 1.97 bits per heavy atom. The van der Waals surface area contributed by atoms with Crippen molar-refractivity contribution in [1.29, 1.82) is 0 Å². The number of nitrogens with one attached hydrogen (secondary N) is 3. The number of imide groups is 2. The molecule has 4 aliphatic heterocycles. The van der Waals surface area contributed by atoms with Crippen LogP contribution in [-0.2, 0) is 16.1 Å². The normalized spacial score (nSPS) is 32.3. The molecule has 4 fully saturated rings. The Bertz CT molecular complexity index is 966. The van der Waals surface area contributed by atoms with Gasteiger partial charge < -0.3 is 10.6 Å². The van der Waals surface area contributed by atoms with E-state index in [2.05, 4.69) is 22.9 Å². The maximum atomic E-state index is 13.1. The minimum Gasteiger partial charge on any atom is -0.311 e. The molecule has 4 amide bonds. The van der Waals surface area contributed by atoms with Crippen LogP contribution in [0.4, 0.5) is 0 Å². The van der Waals surface area contributed by atoms with Gasteiger partial charge in [0.25, 0.3) is 11.8 Å². The molecule has 3 saturated heterocycles. The number of nitrogens with zero attached hydrogens (tertiary/aromatic N) is 1. The second-order valence-corrected chi connectivity index (χ2v) is 9.23. The summed E-state index contributed by atoms with van der Waals surface area (Å²) < 4.78 is 0. The minimum absolute atomic E-state index is 0.118. The van der Waals surface area contributed by atoms with E-state index in [9.17, 15) is 19.2 Å². The Balaban J connectivity index is 1.30. The standard InChI is InChI=1S/C22H26N4O4/c1-2-21-9-22(10-21,24-11-21)12-23-8-13-4-3-5-14-17(13)20(30)26(19(14)29)15-6-7-16(27)25-18(15)28/h3-5,15,23-24H,2,6-12H2,1H3,(H,25,27,28). The predicted octanol–water partition coefficient (Wildman–Crippen LogP) is 0.710. The average molecular weight is 410 g/mol. The van der Waals surface area contributed by atoms with E-state index in [0.29, 0.717) is 23.1 Å². The van der Waals surface area contributed by atoms with Gasteiger partial charge >= 0.3 is 0 Å². The van der Waals surface area contributed by atoms with Gasteiger partial charge in [-0.15, -0.1) is 0 Å². The Kier molecular flexibility index (Phi) is 4.34. The van der Waals surface area contributed by atoms with Crippen LogP contribution in [0.3, 0.4) is 0 Å². The van der Waals surface area contributed by atoms with Crippen molar-refractivity contribution < 1.29 is 19.2 Å². The molecule has 2 bridgehead atoms. The molecular formula is C22H26N4O4. The summed E-state index contributed by atoms with van der Waals surface area (Å²) in [7, 11) is 0. The number of rotatable bonds is 6. The fraction of sp³-hybridized carbons (Fsp3) is 0.545. The van der Waals surface area contributed by atoms with Gasteiger partial charge in [0, 0.05) is 31.6 Å². The highest BCUT2D eigenvalue weighted by Crippen LogP contribution is 2.55. The topological polar surface area (TPSA) is 108 Å². The summed E-state index contributed by atoms with van der Waals surface area (Å²) in [5.41, 5.74) is 2.06. The van der Waals surface area contributed by atoms with Crippen molar-refractivity contribution in [3.8, 4) is 0 Å². The summed E-state index contributed by atoms with van der Waals surface area (Å²) in [5.74, 6) is -1.88. The summed E-state index contributed by atoms with van der Waals surface area (Å²) >= 11 is 0. The van der Waals surface area contributed by atoms with Crippen molar-refractivity contribution >= 4 is 23.6 Å². The molecule has 4 heterocycles. The van der Waals surface area contributed by atoms with Gasteiger partial charge in [-0.3, -0.25) is 29.4 Å². The Labute approximate surface area is 174 Å². The van der Waals surface area contributed by atoms with E-state index in [4.69, 9.17) is 0 Å². The summed E-state index contributed by atoms with van der Waals surface area (Å²) in [5, 5.41) is 9.34. The van der Waals surface area contributed by atoms with Crippen molar-refractivity contribution in [2.45, 2.75) is 57.2 Å². The third-order valence-corrected chi connectivity index (χ3v) is 7.35. The minimum atomic E-state index is -0.936. The number of hydrogen-bond acceptors (Lipinski definition) is 6. The number of benzene rings is 1. The molecule has 5 aliphatic rings. The Morgan fingerprint density at radius 3 is 2.67 bits per heavy atom. The Hall–Kier alpha value is -2.58. The smallest absolute Gasteiger partial charge is 0.262 e. The second-order valence-electron chi connectivity index (χ2n) is 9.23. The van der Waals surface area contributed by atoms with E-state index in [-0.39, 0.29) is 24.3 Å². The number of fused-ring (bicyclic) bond motifs is 2. The molecule has 1 aromatic carbocycles. The molecule has 1 atom stereocenters. The second kappa shape index (κ2) is 6.72. The van der Waals surface area contributed by atoms with E-state index in [1.165, 1.54) is 19.3 Å². The molecule has 8 heteroatoms. The molecule has 1 saturated carbocycles. The zero-order valence-electron chi connectivity index (χ0n) is 17.0. The maximum Gasteiger partial charge on any atom is 0.262 e. The first kappa shape index (κ1) is 19.4. The fourth-order valence-corrected chi connectivity index (χ4v) is 5.74. The lowest BCUT2D eigenvalue weighted by molar-refractivity contribution is -0.136. The summed E-state index contributed by atoms with van der Waals surface area (Å²) in [4.78, 5) is 50.7. The molecule has 8 nitrogen and oxygen atoms in total. The quantitative estimate of drug-likeness (QED) is 0.596. The van der Waals surface area contributed by atoms with E-state index < -0.39 is 23.8 Å². The van der Waals surface area contributed by atoms with Gasteiger partial charge in [0.2, 0.25) is 11.8 Å². The van der Waals surface area contributed by atoms with Crippen LogP contribution in [-0.4, -0.2) is 53.2 Å². The lowest BCUT2D eigenvalue weighted by Gasteiger charge is -2.46. The van der Waals surface area contributed by atoms with Gasteiger partial charge in [0.1, 0.15) is 6.04 Å². The van der Waals surface area contributed by atoms with Crippen LogP contribution in [0.5, 0.6) is 0 Å². The molecule has 158 valence electrons. The first-order valence-electron chi connectivity index (χ1n) is 10.7. The molecule has 30 heavy (non-hydrogen) atoms. The highest BCUT2D eigenvalue weighted by Gasteiger charge is 2.59. The molecule has 3 N–H and O–H groups in total. The van der Waals surface area contributed by atoms with Gasteiger partial charge in [-0.1, -0.05) is 19.1 Å². The van der Waals surface area contributed by atoms with Crippen molar-refractivity contribution in [2.75, 3.05) is 13.1 Å². The van der Waals surface area contributed by atoms with Gasteiger partial charge in [-0.05, 0) is 42.7 Å². The van der Waals surface area contributed by atoms with E-state index in [0.717, 1.165) is 23.6 Å². The van der Waals surface area contributed by atoms with Crippen molar-refractivity contribution in [3.63, 3.8) is 0 Å². The van der Waals surface area contributed by atoms with Crippen LogP contribution < -0.4 is 16.0 Å². The zero-order chi connectivity index (χ0) is 21.1. The van der Waals surface area contributed by atoms with Crippen molar-refractivity contribution in [3.05, 3.63) is 34.9 Å². The third kappa shape index (κ3) is 2.81. The van der Waals surface area contributed by atoms with E-state index >= 15 is 0 Å². The lowest BCUT2D eigenvalue weighted by Crippen LogP contribution is -2.54. The Morgan fingerprint density at radius 1 is 1.17 bits per heavy atom. The number of carbonyl (C=O) groups excluding carboxylic acids is 4. The molecular weight excluding hydrogens is 384 g/mol. The molecule has 0 aromatic heterocycles. The highest BCUT2D eigenvalue weighted by molar-refractivity contribution is 6.24. The molecule has 0 spiro atoms. The first-order valence-corrected chi connectivity index (χ1v) is 10.7. The molecule has 1 unspecified atom stereocenters. The van der Waals surface area contributed by atoms with Crippen LogP contribution in [0.1, 0.15) is 65.3 Å². The average Bonchev–Trinajstić information content (AvgIpc) is 3.32. The zero-order valence-corrected chi connectivity index (χ0v) is 17.0. The van der Waals surface area contributed by atoms with Crippen LogP contribution in [0.15, 0.2) is 18.2 Å². The van der Waals surface area contributed by atoms with Crippen LogP contribution in [0.25, 0.3) is 0 Å². The van der Waals surface area contributed by atoms with Crippen molar-refractivity contribution in [2.24, 2.45) is 5.41 Å². The molecule has 0 radical (unpaired) electrons. The maximum absolute atomic E-state index is 13.1. The summed E-state index contributed by atoms with van der Waals surface area (Å²) in [6, 6.07) is 4.31. The number of piperidine rings is 1. The number of carbonyl (C=O) groups is 4. The summed E-state index contributed by atoms with van der Waals surface area (Å²) in [6.07, 6.45) is 3.83. The van der Waals surface area contributed by atoms with E-state index in [1.807, 2.05) is 6.07 Å². The monoisotopic (exact) mass is 410 g/mol. The molecule has 1 aliphatic carbocycles. The summed E-state index contributed by atoms with van der Waals surface area (Å²) in [6.45, 7) is 4.61.